The minimum atomic E-state index is -4.56. The number of ether oxygens (including phenoxy) is 2. The molecule has 0 spiro atoms. The Balaban J connectivity index is 1.93. The van der Waals surface area contributed by atoms with Gasteiger partial charge < -0.3 is 15.2 Å². The lowest BCUT2D eigenvalue weighted by molar-refractivity contribution is -0.137. The summed E-state index contributed by atoms with van der Waals surface area (Å²) in [7, 11) is 1.53. The van der Waals surface area contributed by atoms with Crippen molar-refractivity contribution in [3.05, 3.63) is 71.2 Å². The number of nitriles is 1. The van der Waals surface area contributed by atoms with E-state index < -0.39 is 17.5 Å². The van der Waals surface area contributed by atoms with Gasteiger partial charge in [0.15, 0.2) is 16.8 Å². The molecule has 0 radical (unpaired) electrons. The van der Waals surface area contributed by atoms with Crippen molar-refractivity contribution in [1.82, 2.24) is 14.8 Å². The highest BCUT2D eigenvalue weighted by Gasteiger charge is 2.31. The number of nitrogens with zero attached hydrogens (tertiary/aromatic N) is 4. The van der Waals surface area contributed by atoms with Crippen LogP contribution >= 0.6 is 11.8 Å². The van der Waals surface area contributed by atoms with E-state index >= 15 is 0 Å². The van der Waals surface area contributed by atoms with Crippen LogP contribution in [0.3, 0.4) is 0 Å². The van der Waals surface area contributed by atoms with E-state index in [1.165, 1.54) is 30.7 Å². The number of halogens is 3. The first kappa shape index (κ1) is 25.6. The van der Waals surface area contributed by atoms with Crippen LogP contribution in [0.25, 0.3) is 5.69 Å². The molecule has 3 rings (SSSR count). The summed E-state index contributed by atoms with van der Waals surface area (Å²) in [6.07, 6.45) is -4.56. The van der Waals surface area contributed by atoms with Crippen molar-refractivity contribution in [2.24, 2.45) is 5.73 Å². The van der Waals surface area contributed by atoms with E-state index in [4.69, 9.17) is 20.5 Å². The van der Waals surface area contributed by atoms with E-state index in [9.17, 15) is 18.0 Å². The Morgan fingerprint density at radius 2 is 1.86 bits per heavy atom. The fourth-order valence-electron chi connectivity index (χ4n) is 2.96. The topological polar surface area (TPSA) is 116 Å². The normalized spacial score (nSPS) is 12.0. The largest absolute Gasteiger partial charge is 0.497 e. The summed E-state index contributed by atoms with van der Waals surface area (Å²) in [6, 6.07) is 13.1. The van der Waals surface area contributed by atoms with Gasteiger partial charge in [0.2, 0.25) is 0 Å². The molecule has 3 aromatic rings. The SMILES string of the molecule is COc1ccc(OCc2nnc(SCC(=O)C(C#N)=C(C)N)n2-c2cccc(C(F)(F)F)c2)cc1. The number of hydrogen-bond donors (Lipinski definition) is 1. The number of Topliss-reactive ketones (excluding diaryl/α,β-unsaturated/α-hetero) is 1. The highest BCUT2D eigenvalue weighted by atomic mass is 32.2. The lowest BCUT2D eigenvalue weighted by Crippen LogP contribution is -2.12. The van der Waals surface area contributed by atoms with Gasteiger partial charge in [0.1, 0.15) is 29.7 Å². The van der Waals surface area contributed by atoms with Gasteiger partial charge in [-0.05, 0) is 49.4 Å². The van der Waals surface area contributed by atoms with Gasteiger partial charge in [-0.2, -0.15) is 18.4 Å². The summed E-state index contributed by atoms with van der Waals surface area (Å²) in [5, 5.41) is 17.4. The molecule has 0 amide bonds. The Kier molecular flexibility index (Phi) is 8.03. The highest BCUT2D eigenvalue weighted by molar-refractivity contribution is 7.99. The molecule has 0 atom stereocenters. The summed E-state index contributed by atoms with van der Waals surface area (Å²) < 4.78 is 52.2. The number of carbonyl (C=O) groups excluding carboxylic acids is 1. The number of thioether (sulfide) groups is 1. The Morgan fingerprint density at radius 3 is 2.46 bits per heavy atom. The monoisotopic (exact) mass is 503 g/mol. The second kappa shape index (κ2) is 11.0. The average molecular weight is 504 g/mol. The molecular formula is C23H20F3N5O3S. The van der Waals surface area contributed by atoms with Crippen LogP contribution in [0.15, 0.2) is 65.0 Å². The third kappa shape index (κ3) is 6.33. The van der Waals surface area contributed by atoms with E-state index in [0.29, 0.717) is 11.5 Å². The van der Waals surface area contributed by atoms with Crippen LogP contribution in [0.5, 0.6) is 11.5 Å². The summed E-state index contributed by atoms with van der Waals surface area (Å²) in [5.41, 5.74) is 4.74. The van der Waals surface area contributed by atoms with Crippen molar-refractivity contribution >= 4 is 17.5 Å². The van der Waals surface area contributed by atoms with Crippen molar-refractivity contribution in [2.75, 3.05) is 12.9 Å². The molecule has 0 fully saturated rings. The van der Waals surface area contributed by atoms with Crippen LogP contribution in [-0.2, 0) is 17.6 Å². The molecule has 2 aromatic carbocycles. The van der Waals surface area contributed by atoms with Crippen LogP contribution in [0.1, 0.15) is 18.3 Å². The second-order valence-electron chi connectivity index (χ2n) is 7.13. The first-order valence-electron chi connectivity index (χ1n) is 10.0. The summed E-state index contributed by atoms with van der Waals surface area (Å²) in [6.45, 7) is 1.32. The van der Waals surface area contributed by atoms with Crippen molar-refractivity contribution in [2.45, 2.75) is 24.9 Å². The molecule has 1 aromatic heterocycles. The lowest BCUT2D eigenvalue weighted by atomic mass is 10.2. The number of ketones is 1. The summed E-state index contributed by atoms with van der Waals surface area (Å²) in [5.74, 6) is 0.573. The number of rotatable bonds is 9. The number of benzene rings is 2. The molecule has 2 N–H and O–H groups in total. The second-order valence-corrected chi connectivity index (χ2v) is 8.07. The van der Waals surface area contributed by atoms with Gasteiger partial charge in [0, 0.05) is 5.70 Å². The molecule has 0 saturated heterocycles. The molecule has 0 aliphatic heterocycles. The summed E-state index contributed by atoms with van der Waals surface area (Å²) in [4.78, 5) is 12.4. The van der Waals surface area contributed by atoms with Crippen LogP contribution in [0, 0.1) is 11.3 Å². The molecule has 1 heterocycles. The van der Waals surface area contributed by atoms with E-state index in [1.54, 1.807) is 30.3 Å². The smallest absolute Gasteiger partial charge is 0.416 e. The van der Waals surface area contributed by atoms with Gasteiger partial charge in [0.25, 0.3) is 0 Å². The zero-order valence-corrected chi connectivity index (χ0v) is 19.5. The fourth-order valence-corrected chi connectivity index (χ4v) is 3.80. The van der Waals surface area contributed by atoms with Crippen LogP contribution in [0.2, 0.25) is 0 Å². The van der Waals surface area contributed by atoms with E-state index in [2.05, 4.69) is 10.2 Å². The van der Waals surface area contributed by atoms with Gasteiger partial charge in [-0.1, -0.05) is 17.8 Å². The molecule has 0 aliphatic carbocycles. The highest BCUT2D eigenvalue weighted by Crippen LogP contribution is 2.32. The molecule has 12 heteroatoms. The predicted octanol–water partition coefficient (Wildman–Crippen LogP) is 4.29. The summed E-state index contributed by atoms with van der Waals surface area (Å²) >= 11 is 0.918. The first-order valence-corrected chi connectivity index (χ1v) is 11.0. The molecule has 0 saturated carbocycles. The number of nitrogens with two attached hydrogens (primary N) is 1. The number of aromatic nitrogens is 3. The van der Waals surface area contributed by atoms with Gasteiger partial charge in [-0.3, -0.25) is 9.36 Å². The zero-order chi connectivity index (χ0) is 25.6. The Bertz CT molecular complexity index is 1280. The number of alkyl halides is 3. The molecule has 8 nitrogen and oxygen atoms in total. The van der Waals surface area contributed by atoms with Gasteiger partial charge >= 0.3 is 6.18 Å². The van der Waals surface area contributed by atoms with Gasteiger partial charge in [0.05, 0.1) is 24.1 Å². The van der Waals surface area contributed by atoms with Crippen LogP contribution in [-0.4, -0.2) is 33.4 Å². The van der Waals surface area contributed by atoms with Crippen molar-refractivity contribution in [1.29, 1.82) is 5.26 Å². The Labute approximate surface area is 203 Å². The van der Waals surface area contributed by atoms with Crippen LogP contribution in [0.4, 0.5) is 13.2 Å². The average Bonchev–Trinajstić information content (AvgIpc) is 3.24. The van der Waals surface area contributed by atoms with Crippen LogP contribution < -0.4 is 15.2 Å². The van der Waals surface area contributed by atoms with E-state index in [1.807, 2.05) is 0 Å². The number of methoxy groups -OCH3 is 1. The molecule has 0 unspecified atom stereocenters. The van der Waals surface area contributed by atoms with E-state index in [0.717, 1.165) is 23.9 Å². The number of hydrogen-bond acceptors (Lipinski definition) is 8. The minimum Gasteiger partial charge on any atom is -0.497 e. The first-order chi connectivity index (χ1) is 16.6. The predicted molar refractivity (Wildman–Crippen MR) is 122 cm³/mol. The lowest BCUT2D eigenvalue weighted by Gasteiger charge is -2.13. The fraction of sp³-hybridized carbons (Fsp3) is 0.217. The minimum absolute atomic E-state index is 0.0750. The Morgan fingerprint density at radius 1 is 1.17 bits per heavy atom. The van der Waals surface area contributed by atoms with Gasteiger partial charge in [-0.15, -0.1) is 10.2 Å². The quantitative estimate of drug-likeness (QED) is 0.261. The molecule has 182 valence electrons. The van der Waals surface area contributed by atoms with Crippen molar-refractivity contribution in [3.63, 3.8) is 0 Å². The zero-order valence-electron chi connectivity index (χ0n) is 18.7. The van der Waals surface area contributed by atoms with Crippen molar-refractivity contribution < 1.29 is 27.4 Å². The maximum atomic E-state index is 13.3. The third-order valence-electron chi connectivity index (χ3n) is 4.68. The maximum absolute atomic E-state index is 13.3. The van der Waals surface area contributed by atoms with Crippen molar-refractivity contribution in [3.8, 4) is 23.3 Å². The van der Waals surface area contributed by atoms with E-state index in [-0.39, 0.29) is 40.3 Å². The standard InChI is InChI=1S/C23H20F3N5O3S/c1-14(28)19(11-27)20(32)13-35-22-30-29-21(12-34-18-8-6-17(33-2)7-9-18)31(22)16-5-3-4-15(10-16)23(24,25)26/h3-10H,12-13,28H2,1-2H3. The van der Waals surface area contributed by atoms with Gasteiger partial charge in [-0.25, -0.2) is 0 Å². The number of allylic oxidation sites excluding steroid dienone is 2. The number of carbonyl (C=O) groups is 1. The molecule has 0 bridgehead atoms. The molecular weight excluding hydrogens is 483 g/mol. The molecule has 35 heavy (non-hydrogen) atoms. The Hall–Kier alpha value is -3.98. The maximum Gasteiger partial charge on any atom is 0.416 e. The molecule has 0 aliphatic rings. The third-order valence-corrected chi connectivity index (χ3v) is 5.61.